The van der Waals surface area contributed by atoms with E-state index in [4.69, 9.17) is 38.0 Å². The summed E-state index contributed by atoms with van der Waals surface area (Å²) >= 11 is 0. The molecule has 12 heteroatoms. The van der Waals surface area contributed by atoms with Crippen molar-refractivity contribution in [1.29, 1.82) is 0 Å². The van der Waals surface area contributed by atoms with Crippen LogP contribution in [0.25, 0.3) is 0 Å². The lowest BCUT2D eigenvalue weighted by molar-refractivity contribution is 0.0853. The van der Waals surface area contributed by atoms with E-state index in [-0.39, 0.29) is 18.2 Å². The number of carbonyl (C=O) groups is 1. The quantitative estimate of drug-likeness (QED) is 0.0908. The van der Waals surface area contributed by atoms with Gasteiger partial charge in [0.1, 0.15) is 6.17 Å². The molecule has 54 heavy (non-hydrogen) atoms. The number of anilines is 1. The number of ether oxygens (including phenoxy) is 7. The van der Waals surface area contributed by atoms with E-state index in [0.717, 1.165) is 66.6 Å². The van der Waals surface area contributed by atoms with E-state index < -0.39 is 0 Å². The van der Waals surface area contributed by atoms with Gasteiger partial charge in [0, 0.05) is 23.2 Å². The van der Waals surface area contributed by atoms with Gasteiger partial charge in [-0.2, -0.15) is 0 Å². The van der Waals surface area contributed by atoms with E-state index in [1.54, 1.807) is 41.6 Å². The lowest BCUT2D eigenvalue weighted by Gasteiger charge is -2.28. The minimum atomic E-state index is -0.356. The zero-order chi connectivity index (χ0) is 37.9. The summed E-state index contributed by atoms with van der Waals surface area (Å²) in [6, 6.07) is 22.8. The third-order valence-electron chi connectivity index (χ3n) is 9.55. The summed E-state index contributed by atoms with van der Waals surface area (Å²) in [4.78, 5) is 18.4. The number of nitrogens with zero attached hydrogens (tertiary/aromatic N) is 1. The van der Waals surface area contributed by atoms with Crippen LogP contribution in [0.5, 0.6) is 40.2 Å². The number of hydrogen-bond acceptors (Lipinski definition) is 11. The SMILES string of the molecule is COc1cc(C2NC(=O)c3ccccc3N2)ccc1OCCCCCCCCOc1cc(C2=NOC(c3cc(OC)c(OC)c(OC)c3)C2)ccc1OC. The Balaban J connectivity index is 0.901. The Morgan fingerprint density at radius 2 is 1.26 bits per heavy atom. The lowest BCUT2D eigenvalue weighted by atomic mass is 9.99. The molecule has 2 aliphatic heterocycles. The van der Waals surface area contributed by atoms with E-state index in [0.29, 0.717) is 65.4 Å². The highest BCUT2D eigenvalue weighted by molar-refractivity contribution is 6.02. The minimum Gasteiger partial charge on any atom is -0.493 e. The number of amides is 1. The fraction of sp³-hybridized carbons (Fsp3) is 0.381. The Labute approximate surface area is 316 Å². The number of unbranched alkanes of at least 4 members (excludes halogenated alkanes) is 5. The number of oxime groups is 1. The summed E-state index contributed by atoms with van der Waals surface area (Å²) in [5.41, 5.74) is 4.93. The van der Waals surface area contributed by atoms with Gasteiger partial charge in [-0.3, -0.25) is 4.79 Å². The first kappa shape index (κ1) is 38.0. The maximum atomic E-state index is 12.6. The van der Waals surface area contributed by atoms with Gasteiger partial charge >= 0.3 is 0 Å². The molecule has 6 rings (SSSR count). The van der Waals surface area contributed by atoms with Gasteiger partial charge in [0.05, 0.1) is 60.0 Å². The van der Waals surface area contributed by atoms with Crippen molar-refractivity contribution in [3.63, 3.8) is 0 Å². The van der Waals surface area contributed by atoms with Gasteiger partial charge in [0.2, 0.25) is 5.75 Å². The molecule has 2 aliphatic rings. The van der Waals surface area contributed by atoms with Crippen LogP contribution < -0.4 is 43.8 Å². The van der Waals surface area contributed by atoms with Crippen LogP contribution in [0.3, 0.4) is 0 Å². The van der Waals surface area contributed by atoms with Crippen LogP contribution in [0.4, 0.5) is 5.69 Å². The average Bonchev–Trinajstić information content (AvgIpc) is 3.71. The molecule has 4 aromatic rings. The molecule has 0 aliphatic carbocycles. The fourth-order valence-corrected chi connectivity index (χ4v) is 6.62. The monoisotopic (exact) mass is 739 g/mol. The van der Waals surface area contributed by atoms with Gasteiger partial charge in [0.25, 0.3) is 5.91 Å². The molecule has 1 amide bonds. The molecule has 0 spiro atoms. The van der Waals surface area contributed by atoms with Crippen molar-refractivity contribution in [3.05, 3.63) is 95.1 Å². The molecule has 0 aromatic heterocycles. The zero-order valence-corrected chi connectivity index (χ0v) is 31.6. The van der Waals surface area contributed by atoms with E-state index in [1.165, 1.54) is 0 Å². The molecule has 2 N–H and O–H groups in total. The Hall–Kier alpha value is -5.78. The Kier molecular flexibility index (Phi) is 12.9. The highest BCUT2D eigenvalue weighted by Gasteiger charge is 2.28. The number of methoxy groups -OCH3 is 5. The van der Waals surface area contributed by atoms with Gasteiger partial charge in [-0.25, -0.2) is 0 Å². The predicted molar refractivity (Wildman–Crippen MR) is 206 cm³/mol. The van der Waals surface area contributed by atoms with Crippen molar-refractivity contribution >= 4 is 17.3 Å². The van der Waals surface area contributed by atoms with Crippen LogP contribution >= 0.6 is 0 Å². The molecule has 0 saturated carbocycles. The summed E-state index contributed by atoms with van der Waals surface area (Å²) in [5, 5.41) is 10.8. The molecule has 0 fully saturated rings. The standard InChI is InChI=1S/C42H49N3O9/c1-47-33-18-16-27(32-26-35(54-45-32)29-24-38(49-3)40(51-5)39(25-29)50-4)22-37(33)53-21-13-9-7-6-8-12-20-52-34-19-17-28(23-36(34)48-2)41-43-31-15-11-10-14-30(31)42(46)44-41/h10-11,14-19,22-25,35,41,43H,6-9,12-13,20-21,26H2,1-5H3,(H,44,46). The Morgan fingerprint density at radius 1 is 0.630 bits per heavy atom. The first-order valence-corrected chi connectivity index (χ1v) is 18.3. The largest absolute Gasteiger partial charge is 0.493 e. The lowest BCUT2D eigenvalue weighted by Crippen LogP contribution is -2.38. The van der Waals surface area contributed by atoms with Crippen LogP contribution in [0.2, 0.25) is 0 Å². The first-order valence-electron chi connectivity index (χ1n) is 18.3. The van der Waals surface area contributed by atoms with E-state index in [2.05, 4.69) is 15.8 Å². The average molecular weight is 740 g/mol. The highest BCUT2D eigenvalue weighted by atomic mass is 16.6. The molecule has 0 saturated heterocycles. The van der Waals surface area contributed by atoms with Gasteiger partial charge in [-0.05, 0) is 73.0 Å². The second-order valence-electron chi connectivity index (χ2n) is 13.0. The van der Waals surface area contributed by atoms with Crippen molar-refractivity contribution in [2.45, 2.75) is 57.2 Å². The Morgan fingerprint density at radius 3 is 1.94 bits per heavy atom. The molecule has 2 atom stereocenters. The maximum Gasteiger partial charge on any atom is 0.255 e. The number of benzene rings is 4. The number of nitrogens with one attached hydrogen (secondary N) is 2. The zero-order valence-electron chi connectivity index (χ0n) is 31.6. The number of para-hydroxylation sites is 1. The summed E-state index contributed by atoms with van der Waals surface area (Å²) in [7, 11) is 8.03. The normalized spacial score (nSPS) is 15.9. The fourth-order valence-electron chi connectivity index (χ4n) is 6.62. The molecular weight excluding hydrogens is 690 g/mol. The molecule has 12 nitrogen and oxygen atoms in total. The van der Waals surface area contributed by atoms with Crippen molar-refractivity contribution in [2.24, 2.45) is 5.16 Å². The third kappa shape index (κ3) is 8.87. The summed E-state index contributed by atoms with van der Waals surface area (Å²) in [6.07, 6.45) is 6.14. The van der Waals surface area contributed by atoms with Gasteiger partial charge in [-0.15, -0.1) is 0 Å². The maximum absolute atomic E-state index is 12.6. The third-order valence-corrected chi connectivity index (χ3v) is 9.55. The first-order chi connectivity index (χ1) is 26.5. The smallest absolute Gasteiger partial charge is 0.255 e. The molecule has 4 aromatic carbocycles. The van der Waals surface area contributed by atoms with Crippen molar-refractivity contribution < 1.29 is 42.8 Å². The van der Waals surface area contributed by atoms with Gasteiger partial charge < -0.3 is 48.6 Å². The topological polar surface area (TPSA) is 127 Å². The number of hydrogen-bond donors (Lipinski definition) is 2. The van der Waals surface area contributed by atoms with Gasteiger partial charge in [0.15, 0.2) is 40.6 Å². The predicted octanol–water partition coefficient (Wildman–Crippen LogP) is 8.25. The summed E-state index contributed by atoms with van der Waals surface area (Å²) in [6.45, 7) is 1.18. The molecule has 0 bridgehead atoms. The van der Waals surface area contributed by atoms with E-state index in [9.17, 15) is 4.79 Å². The van der Waals surface area contributed by atoms with Crippen molar-refractivity contribution in [3.8, 4) is 40.2 Å². The molecule has 2 heterocycles. The minimum absolute atomic E-state index is 0.109. The van der Waals surface area contributed by atoms with Crippen LogP contribution in [0.15, 0.2) is 78.0 Å². The van der Waals surface area contributed by atoms with Crippen LogP contribution in [-0.4, -0.2) is 60.4 Å². The second-order valence-corrected chi connectivity index (χ2v) is 13.0. The molecule has 2 unspecified atom stereocenters. The van der Waals surface area contributed by atoms with Crippen LogP contribution in [-0.2, 0) is 4.84 Å². The number of rotatable bonds is 19. The van der Waals surface area contributed by atoms with Crippen molar-refractivity contribution in [2.75, 3.05) is 54.1 Å². The van der Waals surface area contributed by atoms with E-state index in [1.807, 2.05) is 66.7 Å². The number of carbonyl (C=O) groups excluding carboxylic acids is 1. The van der Waals surface area contributed by atoms with Crippen LogP contribution in [0, 0.1) is 0 Å². The number of fused-ring (bicyclic) bond motifs is 1. The van der Waals surface area contributed by atoms with Gasteiger partial charge in [-0.1, -0.05) is 49.0 Å². The highest BCUT2D eigenvalue weighted by Crippen LogP contribution is 2.42. The van der Waals surface area contributed by atoms with E-state index >= 15 is 0 Å². The summed E-state index contributed by atoms with van der Waals surface area (Å²) in [5.74, 6) is 4.23. The van der Waals surface area contributed by atoms with Crippen LogP contribution in [0.1, 0.15) is 84.3 Å². The summed E-state index contributed by atoms with van der Waals surface area (Å²) < 4.78 is 39.9. The molecular formula is C42H49N3O9. The Bertz CT molecular complexity index is 1910. The molecule has 286 valence electrons. The second kappa shape index (κ2) is 18.3. The van der Waals surface area contributed by atoms with Crippen molar-refractivity contribution in [1.82, 2.24) is 5.32 Å². The molecule has 0 radical (unpaired) electrons.